The van der Waals surface area contributed by atoms with Gasteiger partial charge in [-0.1, -0.05) is 80.0 Å². The molecule has 8 rings (SSSR count). The average molecular weight is 496 g/mol. The minimum absolute atomic E-state index is 0.317. The number of hydrogen-bond acceptors (Lipinski definition) is 1. The van der Waals surface area contributed by atoms with Crippen LogP contribution >= 0.6 is 0 Å². The first-order valence-corrected chi connectivity index (χ1v) is 14.4. The summed E-state index contributed by atoms with van der Waals surface area (Å²) in [7, 11) is 0. The van der Waals surface area contributed by atoms with E-state index in [-0.39, 0.29) is 0 Å². The lowest BCUT2D eigenvalue weighted by molar-refractivity contribution is 0.286. The third-order valence-electron chi connectivity index (χ3n) is 9.41. The second kappa shape index (κ2) is 8.91. The number of aromatic nitrogens is 1. The molecule has 1 fully saturated rings. The number of fused-ring (bicyclic) bond motifs is 6. The number of rotatable bonds is 3. The van der Waals surface area contributed by atoms with Crippen LogP contribution in [0.4, 0.5) is 0 Å². The van der Waals surface area contributed by atoms with Gasteiger partial charge in [-0.3, -0.25) is 0 Å². The second-order valence-corrected chi connectivity index (χ2v) is 11.5. The lowest BCUT2D eigenvalue weighted by atomic mass is 9.77. The fourth-order valence-corrected chi connectivity index (χ4v) is 7.41. The summed E-state index contributed by atoms with van der Waals surface area (Å²) in [5.41, 5.74) is 7.91. The second-order valence-electron chi connectivity index (χ2n) is 11.5. The van der Waals surface area contributed by atoms with E-state index < -0.39 is 0 Å². The Labute approximate surface area is 224 Å². The van der Waals surface area contributed by atoms with Crippen LogP contribution < -0.4 is 4.74 Å². The minimum atomic E-state index is 0.317. The van der Waals surface area contributed by atoms with Gasteiger partial charge in [-0.15, -0.1) is 0 Å². The summed E-state index contributed by atoms with van der Waals surface area (Å²) in [6.07, 6.45) is 21.0. The maximum absolute atomic E-state index is 6.14. The monoisotopic (exact) mass is 495 g/mol. The SMILES string of the molecule is C1=CC(C2CCCCC2)CC=C1n1c2ccccc2c2cc(C3=CC=C4Oc5ccccc5C4C3)ccc21. The number of ether oxygens (including phenoxy) is 1. The molecule has 2 unspecified atom stereocenters. The molecule has 0 spiro atoms. The van der Waals surface area contributed by atoms with Crippen molar-refractivity contribution in [1.29, 1.82) is 0 Å². The van der Waals surface area contributed by atoms with Crippen LogP contribution in [0.3, 0.4) is 0 Å². The van der Waals surface area contributed by atoms with E-state index >= 15 is 0 Å². The van der Waals surface area contributed by atoms with Gasteiger partial charge in [-0.2, -0.15) is 0 Å². The molecule has 3 aromatic carbocycles. The standard InChI is InChI=1S/C36H33NO/c1-2-8-24(9-3-1)25-14-18-28(19-15-25)37-33-12-6-4-10-29(33)31-22-26(16-20-34(31)37)27-17-21-36-32(23-27)30-11-5-7-13-35(30)38-36/h4-7,10-14,16-22,24-25,32H,1-3,8-9,15,23H2. The van der Waals surface area contributed by atoms with E-state index in [9.17, 15) is 0 Å². The van der Waals surface area contributed by atoms with Crippen LogP contribution in [0, 0.1) is 11.8 Å². The number of benzene rings is 3. The van der Waals surface area contributed by atoms with Crippen molar-refractivity contribution >= 4 is 33.1 Å². The van der Waals surface area contributed by atoms with E-state index in [0.29, 0.717) is 11.8 Å². The van der Waals surface area contributed by atoms with E-state index in [1.165, 1.54) is 76.3 Å². The molecule has 188 valence electrons. The van der Waals surface area contributed by atoms with Crippen molar-refractivity contribution in [1.82, 2.24) is 4.57 Å². The third-order valence-corrected chi connectivity index (χ3v) is 9.41. The molecule has 4 aromatic rings. The van der Waals surface area contributed by atoms with E-state index in [4.69, 9.17) is 4.74 Å². The van der Waals surface area contributed by atoms with Gasteiger partial charge in [-0.05, 0) is 85.1 Å². The summed E-state index contributed by atoms with van der Waals surface area (Å²) >= 11 is 0. The van der Waals surface area contributed by atoms with Crippen LogP contribution in [0.1, 0.15) is 62.0 Å². The van der Waals surface area contributed by atoms with E-state index in [1.54, 1.807) is 0 Å². The van der Waals surface area contributed by atoms with Crippen LogP contribution in [0.15, 0.2) is 103 Å². The predicted octanol–water partition coefficient (Wildman–Crippen LogP) is 9.64. The first-order chi connectivity index (χ1) is 18.8. The van der Waals surface area contributed by atoms with Crippen molar-refractivity contribution < 1.29 is 4.74 Å². The van der Waals surface area contributed by atoms with Crippen LogP contribution in [0.2, 0.25) is 0 Å². The number of allylic oxidation sites excluding steroid dienone is 8. The molecule has 1 aliphatic heterocycles. The molecule has 0 amide bonds. The Bertz CT molecular complexity index is 1690. The summed E-state index contributed by atoms with van der Waals surface area (Å²) in [5.74, 6) is 3.98. The molecule has 0 N–H and O–H groups in total. The van der Waals surface area contributed by atoms with Gasteiger partial charge < -0.3 is 9.30 Å². The number of hydrogen-bond donors (Lipinski definition) is 0. The fraction of sp³-hybridized carbons (Fsp3) is 0.278. The molecule has 38 heavy (non-hydrogen) atoms. The lowest BCUT2D eigenvalue weighted by Crippen LogP contribution is -2.17. The van der Waals surface area contributed by atoms with E-state index in [0.717, 1.165) is 30.3 Å². The highest BCUT2D eigenvalue weighted by Crippen LogP contribution is 2.48. The first kappa shape index (κ1) is 22.2. The van der Waals surface area contributed by atoms with Gasteiger partial charge in [0.25, 0.3) is 0 Å². The quantitative estimate of drug-likeness (QED) is 0.276. The summed E-state index contributed by atoms with van der Waals surface area (Å²) in [6, 6.07) is 24.5. The van der Waals surface area contributed by atoms with Gasteiger partial charge in [0.1, 0.15) is 11.5 Å². The van der Waals surface area contributed by atoms with Gasteiger partial charge in [0.15, 0.2) is 0 Å². The Morgan fingerprint density at radius 3 is 2.53 bits per heavy atom. The van der Waals surface area contributed by atoms with Crippen molar-refractivity contribution in [2.24, 2.45) is 11.8 Å². The lowest BCUT2D eigenvalue weighted by Gasteiger charge is -2.29. The Hall–Kier alpha value is -3.78. The fourth-order valence-electron chi connectivity index (χ4n) is 7.41. The molecule has 4 aliphatic rings. The largest absolute Gasteiger partial charge is 0.461 e. The Balaban J connectivity index is 1.16. The van der Waals surface area contributed by atoms with Crippen molar-refractivity contribution in [3.8, 4) is 5.75 Å². The number of para-hydroxylation sites is 2. The maximum atomic E-state index is 6.14. The molecule has 2 heterocycles. The molecule has 3 aliphatic carbocycles. The summed E-state index contributed by atoms with van der Waals surface area (Å²) in [6.45, 7) is 0. The smallest absolute Gasteiger partial charge is 0.130 e. The molecular weight excluding hydrogens is 462 g/mol. The maximum Gasteiger partial charge on any atom is 0.130 e. The zero-order chi connectivity index (χ0) is 25.1. The minimum Gasteiger partial charge on any atom is -0.461 e. The first-order valence-electron chi connectivity index (χ1n) is 14.4. The normalized spacial score (nSPS) is 23.0. The van der Waals surface area contributed by atoms with Gasteiger partial charge >= 0.3 is 0 Å². The van der Waals surface area contributed by atoms with Crippen LogP contribution in [0.5, 0.6) is 5.75 Å². The third kappa shape index (κ3) is 3.54. The Morgan fingerprint density at radius 2 is 1.63 bits per heavy atom. The molecule has 0 radical (unpaired) electrons. The van der Waals surface area contributed by atoms with Crippen LogP contribution in [-0.4, -0.2) is 4.57 Å². The molecule has 2 nitrogen and oxygen atoms in total. The number of nitrogens with zero attached hydrogens (tertiary/aromatic N) is 1. The highest BCUT2D eigenvalue weighted by Gasteiger charge is 2.32. The molecular formula is C36H33NO. The highest BCUT2D eigenvalue weighted by molar-refractivity contribution is 6.11. The summed E-state index contributed by atoms with van der Waals surface area (Å²) in [5, 5.41) is 2.66. The highest BCUT2D eigenvalue weighted by atomic mass is 16.5. The zero-order valence-electron chi connectivity index (χ0n) is 21.8. The van der Waals surface area contributed by atoms with E-state index in [2.05, 4.69) is 102 Å². The molecule has 2 heteroatoms. The molecule has 1 aromatic heterocycles. The van der Waals surface area contributed by atoms with Crippen LogP contribution in [0.25, 0.3) is 33.1 Å². The topological polar surface area (TPSA) is 14.2 Å². The van der Waals surface area contributed by atoms with E-state index in [1.807, 2.05) is 0 Å². The van der Waals surface area contributed by atoms with Crippen LogP contribution in [-0.2, 0) is 0 Å². The van der Waals surface area contributed by atoms with Crippen molar-refractivity contribution in [3.05, 3.63) is 114 Å². The molecule has 1 saturated carbocycles. The van der Waals surface area contributed by atoms with Gasteiger partial charge in [0.05, 0.1) is 11.0 Å². The molecule has 2 atom stereocenters. The summed E-state index contributed by atoms with van der Waals surface area (Å²) in [4.78, 5) is 0. The van der Waals surface area contributed by atoms with Gasteiger partial charge in [0.2, 0.25) is 0 Å². The Morgan fingerprint density at radius 1 is 0.789 bits per heavy atom. The Kier molecular flexibility index (Phi) is 5.21. The molecule has 0 bridgehead atoms. The van der Waals surface area contributed by atoms with Crippen molar-refractivity contribution in [3.63, 3.8) is 0 Å². The van der Waals surface area contributed by atoms with Gasteiger partial charge in [0, 0.05) is 28.0 Å². The summed E-state index contributed by atoms with van der Waals surface area (Å²) < 4.78 is 8.62. The zero-order valence-corrected chi connectivity index (χ0v) is 21.8. The molecule has 0 saturated heterocycles. The predicted molar refractivity (Wildman–Crippen MR) is 158 cm³/mol. The van der Waals surface area contributed by atoms with Crippen molar-refractivity contribution in [2.75, 3.05) is 0 Å². The average Bonchev–Trinajstić information content (AvgIpc) is 3.53. The van der Waals surface area contributed by atoms with Crippen molar-refractivity contribution in [2.45, 2.75) is 50.9 Å². The van der Waals surface area contributed by atoms with Gasteiger partial charge in [-0.25, -0.2) is 0 Å².